The summed E-state index contributed by atoms with van der Waals surface area (Å²) >= 11 is 1.66. The zero-order chi connectivity index (χ0) is 16.8. The van der Waals surface area contributed by atoms with Crippen molar-refractivity contribution in [1.29, 1.82) is 5.26 Å². The molecule has 1 aliphatic heterocycles. The van der Waals surface area contributed by atoms with Gasteiger partial charge in [0, 0.05) is 22.9 Å². The lowest BCUT2D eigenvalue weighted by atomic mass is 10.2. The van der Waals surface area contributed by atoms with Gasteiger partial charge in [0.05, 0.1) is 23.3 Å². The highest BCUT2D eigenvalue weighted by Crippen LogP contribution is 2.27. The maximum atomic E-state index is 12.6. The SMILES string of the molecule is N#Cc1ccc(NC(=O)c2ccccc2SC[C@@H]2CCCO2)cc1. The molecular weight excluding hydrogens is 320 g/mol. The van der Waals surface area contributed by atoms with Crippen molar-refractivity contribution >= 4 is 23.4 Å². The van der Waals surface area contributed by atoms with E-state index < -0.39 is 0 Å². The van der Waals surface area contributed by atoms with E-state index in [9.17, 15) is 4.79 Å². The Kier molecular flexibility index (Phi) is 5.52. The van der Waals surface area contributed by atoms with Crippen LogP contribution in [0.4, 0.5) is 5.69 Å². The van der Waals surface area contributed by atoms with E-state index >= 15 is 0 Å². The summed E-state index contributed by atoms with van der Waals surface area (Å²) < 4.78 is 5.64. The third-order valence-electron chi connectivity index (χ3n) is 3.85. The van der Waals surface area contributed by atoms with Gasteiger partial charge in [-0.1, -0.05) is 12.1 Å². The van der Waals surface area contributed by atoms with Crippen molar-refractivity contribution in [3.8, 4) is 6.07 Å². The van der Waals surface area contributed by atoms with Crippen LogP contribution in [0.3, 0.4) is 0 Å². The summed E-state index contributed by atoms with van der Waals surface area (Å²) in [5, 5.41) is 11.7. The van der Waals surface area contributed by atoms with Crippen LogP contribution in [0.5, 0.6) is 0 Å². The Balaban J connectivity index is 1.68. The Morgan fingerprint density at radius 2 is 2.04 bits per heavy atom. The van der Waals surface area contributed by atoms with Gasteiger partial charge >= 0.3 is 0 Å². The highest BCUT2D eigenvalue weighted by atomic mass is 32.2. The molecule has 4 nitrogen and oxygen atoms in total. The number of amides is 1. The molecule has 1 fully saturated rings. The van der Waals surface area contributed by atoms with Gasteiger partial charge < -0.3 is 10.1 Å². The van der Waals surface area contributed by atoms with Crippen LogP contribution in [0.25, 0.3) is 0 Å². The van der Waals surface area contributed by atoms with Crippen LogP contribution in [-0.2, 0) is 4.74 Å². The second-order valence-electron chi connectivity index (χ2n) is 5.59. The van der Waals surface area contributed by atoms with Gasteiger partial charge in [0.1, 0.15) is 0 Å². The van der Waals surface area contributed by atoms with Crippen LogP contribution in [-0.4, -0.2) is 24.4 Å². The van der Waals surface area contributed by atoms with Gasteiger partial charge in [0.15, 0.2) is 0 Å². The monoisotopic (exact) mass is 338 g/mol. The molecule has 3 rings (SSSR count). The van der Waals surface area contributed by atoms with Crippen LogP contribution in [0.2, 0.25) is 0 Å². The lowest BCUT2D eigenvalue weighted by molar-refractivity contribution is 0.102. The first kappa shape index (κ1) is 16.6. The highest BCUT2D eigenvalue weighted by molar-refractivity contribution is 7.99. The molecule has 0 aliphatic carbocycles. The van der Waals surface area contributed by atoms with Gasteiger partial charge in [0.25, 0.3) is 5.91 Å². The van der Waals surface area contributed by atoms with E-state index in [1.807, 2.05) is 24.3 Å². The fraction of sp³-hybridized carbons (Fsp3) is 0.263. The summed E-state index contributed by atoms with van der Waals surface area (Å²) in [6, 6.07) is 16.5. The number of nitrogens with zero attached hydrogens (tertiary/aromatic N) is 1. The molecule has 2 aromatic carbocycles. The number of nitriles is 1. The normalized spacial score (nSPS) is 16.5. The van der Waals surface area contributed by atoms with Crippen LogP contribution in [0, 0.1) is 11.3 Å². The predicted molar refractivity (Wildman–Crippen MR) is 95.3 cm³/mol. The molecule has 24 heavy (non-hydrogen) atoms. The van der Waals surface area contributed by atoms with Gasteiger partial charge in [-0.2, -0.15) is 5.26 Å². The first-order valence-corrected chi connectivity index (χ1v) is 8.90. The molecule has 122 valence electrons. The van der Waals surface area contributed by atoms with Crippen molar-refractivity contribution in [1.82, 2.24) is 0 Å². The topological polar surface area (TPSA) is 62.1 Å². The summed E-state index contributed by atoms with van der Waals surface area (Å²) in [6.07, 6.45) is 2.49. The number of ether oxygens (including phenoxy) is 1. The molecule has 1 N–H and O–H groups in total. The smallest absolute Gasteiger partial charge is 0.256 e. The number of carbonyl (C=O) groups is 1. The largest absolute Gasteiger partial charge is 0.377 e. The van der Waals surface area contributed by atoms with E-state index in [0.717, 1.165) is 30.1 Å². The van der Waals surface area contributed by atoms with Crippen molar-refractivity contribution in [2.45, 2.75) is 23.8 Å². The molecule has 1 amide bonds. The number of anilines is 1. The number of thioether (sulfide) groups is 1. The van der Waals surface area contributed by atoms with Gasteiger partial charge in [-0.3, -0.25) is 4.79 Å². The summed E-state index contributed by atoms with van der Waals surface area (Å²) in [6.45, 7) is 0.839. The van der Waals surface area contributed by atoms with Gasteiger partial charge in [-0.25, -0.2) is 0 Å². The second-order valence-corrected chi connectivity index (χ2v) is 6.65. The minimum Gasteiger partial charge on any atom is -0.377 e. The van der Waals surface area contributed by atoms with E-state index in [-0.39, 0.29) is 12.0 Å². The molecule has 0 unspecified atom stereocenters. The molecule has 1 atom stereocenters. The third kappa shape index (κ3) is 4.16. The van der Waals surface area contributed by atoms with Crippen molar-refractivity contribution in [2.75, 3.05) is 17.7 Å². The van der Waals surface area contributed by atoms with Crippen molar-refractivity contribution in [3.63, 3.8) is 0 Å². The molecule has 0 spiro atoms. The second kappa shape index (κ2) is 8.00. The van der Waals surface area contributed by atoms with Gasteiger partial charge in [0.2, 0.25) is 0 Å². The molecule has 0 bridgehead atoms. The standard InChI is InChI=1S/C19H18N2O2S/c20-12-14-7-9-15(10-8-14)21-19(22)17-5-1-2-6-18(17)24-13-16-4-3-11-23-16/h1-2,5-10,16H,3-4,11,13H2,(H,21,22)/t16-/m0/s1. The number of rotatable bonds is 5. The highest BCUT2D eigenvalue weighted by Gasteiger charge is 2.18. The van der Waals surface area contributed by atoms with Crippen LogP contribution >= 0.6 is 11.8 Å². The zero-order valence-corrected chi connectivity index (χ0v) is 14.0. The zero-order valence-electron chi connectivity index (χ0n) is 13.2. The summed E-state index contributed by atoms with van der Waals surface area (Å²) in [5.41, 5.74) is 1.91. The maximum absolute atomic E-state index is 12.6. The molecule has 1 heterocycles. The Hall–Kier alpha value is -2.29. The van der Waals surface area contributed by atoms with E-state index in [1.54, 1.807) is 36.0 Å². The summed E-state index contributed by atoms with van der Waals surface area (Å²) in [5.74, 6) is 0.719. The first-order chi connectivity index (χ1) is 11.8. The Morgan fingerprint density at radius 1 is 1.25 bits per heavy atom. The number of hydrogen-bond donors (Lipinski definition) is 1. The number of nitrogens with one attached hydrogen (secondary N) is 1. The first-order valence-electron chi connectivity index (χ1n) is 7.91. The van der Waals surface area contributed by atoms with E-state index in [1.165, 1.54) is 0 Å². The fourth-order valence-electron chi connectivity index (χ4n) is 2.57. The van der Waals surface area contributed by atoms with E-state index in [0.29, 0.717) is 16.8 Å². The molecule has 1 saturated heterocycles. The number of carbonyl (C=O) groups excluding carboxylic acids is 1. The average Bonchev–Trinajstić information content (AvgIpc) is 3.14. The molecule has 2 aromatic rings. The van der Waals surface area contributed by atoms with Crippen LogP contribution in [0.1, 0.15) is 28.8 Å². The maximum Gasteiger partial charge on any atom is 0.256 e. The summed E-state index contributed by atoms with van der Waals surface area (Å²) in [4.78, 5) is 13.5. The Labute approximate surface area is 145 Å². The van der Waals surface area contributed by atoms with Gasteiger partial charge in [-0.05, 0) is 49.2 Å². The average molecular weight is 338 g/mol. The minimum absolute atomic E-state index is 0.143. The number of hydrogen-bond acceptors (Lipinski definition) is 4. The van der Waals surface area contributed by atoms with Crippen LogP contribution < -0.4 is 5.32 Å². The predicted octanol–water partition coefficient (Wildman–Crippen LogP) is 4.08. The van der Waals surface area contributed by atoms with Crippen LogP contribution in [0.15, 0.2) is 53.4 Å². The third-order valence-corrected chi connectivity index (χ3v) is 5.06. The molecule has 0 radical (unpaired) electrons. The van der Waals surface area contributed by atoms with Crippen molar-refractivity contribution in [3.05, 3.63) is 59.7 Å². The molecule has 0 aromatic heterocycles. The molecule has 0 saturated carbocycles. The lowest BCUT2D eigenvalue weighted by Crippen LogP contribution is -2.14. The van der Waals surface area contributed by atoms with Crippen molar-refractivity contribution < 1.29 is 9.53 Å². The fourth-order valence-corrected chi connectivity index (χ4v) is 3.68. The molecule has 1 aliphatic rings. The van der Waals surface area contributed by atoms with E-state index in [4.69, 9.17) is 10.00 Å². The number of benzene rings is 2. The van der Waals surface area contributed by atoms with Crippen molar-refractivity contribution in [2.24, 2.45) is 0 Å². The molecular formula is C19H18N2O2S. The minimum atomic E-state index is -0.143. The Morgan fingerprint density at radius 3 is 2.75 bits per heavy atom. The molecule has 5 heteroatoms. The quantitative estimate of drug-likeness (QED) is 0.834. The van der Waals surface area contributed by atoms with Gasteiger partial charge in [-0.15, -0.1) is 11.8 Å². The lowest BCUT2D eigenvalue weighted by Gasteiger charge is -2.12. The summed E-state index contributed by atoms with van der Waals surface area (Å²) in [7, 11) is 0. The Bertz CT molecular complexity index is 747. The van der Waals surface area contributed by atoms with E-state index in [2.05, 4.69) is 11.4 Å².